The normalized spacial score (nSPS) is 9.45. The monoisotopic (exact) mass is 156 g/mol. The van der Waals surface area contributed by atoms with Crippen LogP contribution in [0.3, 0.4) is 0 Å². The third kappa shape index (κ3) is 6.90. The number of hydrogen-bond acceptors (Lipinski definition) is 1. The maximum Gasteiger partial charge on any atom is 0.318 e. The standard InChI is InChI=1S/C8H16N2O/c1-6(2)5-9-8(11)10-7(3)4/h6H,3,5H2,1-2,4H3,(H2,9,10,11). The lowest BCUT2D eigenvalue weighted by Gasteiger charge is -2.08. The lowest BCUT2D eigenvalue weighted by molar-refractivity contribution is 0.242. The van der Waals surface area contributed by atoms with Gasteiger partial charge in [0.25, 0.3) is 0 Å². The fourth-order valence-electron chi connectivity index (χ4n) is 0.535. The number of amides is 2. The van der Waals surface area contributed by atoms with Gasteiger partial charge in [0.15, 0.2) is 0 Å². The Bertz CT molecular complexity index is 152. The van der Waals surface area contributed by atoms with E-state index in [2.05, 4.69) is 17.2 Å². The molecule has 0 atom stereocenters. The smallest absolute Gasteiger partial charge is 0.318 e. The minimum absolute atomic E-state index is 0.175. The lowest BCUT2D eigenvalue weighted by Crippen LogP contribution is -2.36. The van der Waals surface area contributed by atoms with Gasteiger partial charge in [0.1, 0.15) is 0 Å². The number of allylic oxidation sites excluding steroid dienone is 1. The lowest BCUT2D eigenvalue weighted by atomic mass is 10.2. The molecule has 64 valence electrons. The summed E-state index contributed by atoms with van der Waals surface area (Å²) in [6.07, 6.45) is 0. The SMILES string of the molecule is C=C(C)NC(=O)NCC(C)C. The highest BCUT2D eigenvalue weighted by atomic mass is 16.2. The maximum atomic E-state index is 10.9. The van der Waals surface area contributed by atoms with E-state index in [0.29, 0.717) is 18.2 Å². The van der Waals surface area contributed by atoms with Gasteiger partial charge >= 0.3 is 6.03 Å². The molecule has 0 saturated carbocycles. The minimum atomic E-state index is -0.175. The Morgan fingerprint density at radius 2 is 2.09 bits per heavy atom. The van der Waals surface area contributed by atoms with Crippen molar-refractivity contribution in [3.8, 4) is 0 Å². The van der Waals surface area contributed by atoms with Crippen LogP contribution in [0.15, 0.2) is 12.3 Å². The molecule has 0 aromatic heterocycles. The second kappa shape index (κ2) is 4.77. The highest BCUT2D eigenvalue weighted by Gasteiger charge is 1.99. The first-order chi connectivity index (χ1) is 5.02. The molecule has 3 nitrogen and oxygen atoms in total. The van der Waals surface area contributed by atoms with Crippen LogP contribution < -0.4 is 10.6 Å². The Hall–Kier alpha value is -0.990. The maximum absolute atomic E-state index is 10.9. The Balaban J connectivity index is 3.46. The van der Waals surface area contributed by atoms with Crippen LogP contribution in [0.1, 0.15) is 20.8 Å². The molecular weight excluding hydrogens is 140 g/mol. The van der Waals surface area contributed by atoms with Gasteiger partial charge < -0.3 is 10.6 Å². The summed E-state index contributed by atoms with van der Waals surface area (Å²) in [5.74, 6) is 0.478. The predicted octanol–water partition coefficient (Wildman–Crippen LogP) is 1.48. The third-order valence-corrected chi connectivity index (χ3v) is 0.998. The number of nitrogens with one attached hydrogen (secondary N) is 2. The largest absolute Gasteiger partial charge is 0.338 e. The Morgan fingerprint density at radius 1 is 1.55 bits per heavy atom. The van der Waals surface area contributed by atoms with E-state index in [1.165, 1.54) is 0 Å². The zero-order chi connectivity index (χ0) is 8.85. The number of rotatable bonds is 3. The summed E-state index contributed by atoms with van der Waals surface area (Å²) in [6, 6.07) is -0.175. The van der Waals surface area contributed by atoms with Gasteiger partial charge in [-0.15, -0.1) is 0 Å². The molecule has 0 aliphatic rings. The molecule has 0 unspecified atom stereocenters. The van der Waals surface area contributed by atoms with Crippen LogP contribution in [-0.4, -0.2) is 12.6 Å². The van der Waals surface area contributed by atoms with Gasteiger partial charge in [-0.2, -0.15) is 0 Å². The predicted molar refractivity (Wildman–Crippen MR) is 46.2 cm³/mol. The topological polar surface area (TPSA) is 41.1 Å². The summed E-state index contributed by atoms with van der Waals surface area (Å²) >= 11 is 0. The van der Waals surface area contributed by atoms with Crippen LogP contribution >= 0.6 is 0 Å². The van der Waals surface area contributed by atoms with Gasteiger partial charge in [0, 0.05) is 12.2 Å². The number of urea groups is 1. The molecule has 0 saturated heterocycles. The molecule has 0 aromatic rings. The molecule has 0 aliphatic heterocycles. The Morgan fingerprint density at radius 3 is 2.45 bits per heavy atom. The fraction of sp³-hybridized carbons (Fsp3) is 0.625. The summed E-state index contributed by atoms with van der Waals surface area (Å²) in [5, 5.41) is 5.26. The average molecular weight is 156 g/mol. The molecule has 0 fully saturated rings. The summed E-state index contributed by atoms with van der Waals surface area (Å²) < 4.78 is 0. The molecule has 0 bridgehead atoms. The minimum Gasteiger partial charge on any atom is -0.338 e. The zero-order valence-corrected chi connectivity index (χ0v) is 7.40. The molecule has 3 heteroatoms. The van der Waals surface area contributed by atoms with Crippen molar-refractivity contribution in [3.63, 3.8) is 0 Å². The van der Waals surface area contributed by atoms with Crippen LogP contribution in [0.25, 0.3) is 0 Å². The zero-order valence-electron chi connectivity index (χ0n) is 7.40. The number of hydrogen-bond donors (Lipinski definition) is 2. The van der Waals surface area contributed by atoms with Gasteiger partial charge in [-0.1, -0.05) is 20.4 Å². The van der Waals surface area contributed by atoms with Crippen molar-refractivity contribution in [2.45, 2.75) is 20.8 Å². The van der Waals surface area contributed by atoms with E-state index < -0.39 is 0 Å². The first kappa shape index (κ1) is 10.0. The van der Waals surface area contributed by atoms with Crippen LogP contribution in [0.2, 0.25) is 0 Å². The summed E-state index contributed by atoms with van der Waals surface area (Å²) in [5.41, 5.74) is 0.659. The van der Waals surface area contributed by atoms with E-state index in [4.69, 9.17) is 0 Å². The molecule has 0 radical (unpaired) electrons. The van der Waals surface area contributed by atoms with Gasteiger partial charge in [-0.25, -0.2) is 4.79 Å². The summed E-state index contributed by atoms with van der Waals surface area (Å²) in [4.78, 5) is 10.9. The van der Waals surface area contributed by atoms with Gasteiger partial charge in [-0.3, -0.25) is 0 Å². The summed E-state index contributed by atoms with van der Waals surface area (Å²) in [7, 11) is 0. The van der Waals surface area contributed by atoms with Crippen molar-refractivity contribution < 1.29 is 4.79 Å². The molecule has 0 aliphatic carbocycles. The molecule has 2 amide bonds. The molecule has 11 heavy (non-hydrogen) atoms. The molecule has 0 heterocycles. The van der Waals surface area contributed by atoms with E-state index in [1.54, 1.807) is 6.92 Å². The van der Waals surface area contributed by atoms with Crippen molar-refractivity contribution in [1.82, 2.24) is 10.6 Å². The van der Waals surface area contributed by atoms with E-state index in [0.717, 1.165) is 0 Å². The van der Waals surface area contributed by atoms with E-state index in [-0.39, 0.29) is 6.03 Å². The quantitative estimate of drug-likeness (QED) is 0.638. The molecule has 0 rings (SSSR count). The van der Waals surface area contributed by atoms with Crippen LogP contribution in [0, 0.1) is 5.92 Å². The van der Waals surface area contributed by atoms with E-state index >= 15 is 0 Å². The fourth-order valence-corrected chi connectivity index (χ4v) is 0.535. The van der Waals surface area contributed by atoms with Gasteiger partial charge in [0.05, 0.1) is 0 Å². The first-order valence-electron chi connectivity index (χ1n) is 3.72. The van der Waals surface area contributed by atoms with E-state index in [1.807, 2.05) is 13.8 Å². The van der Waals surface area contributed by atoms with Crippen LogP contribution in [0.4, 0.5) is 4.79 Å². The van der Waals surface area contributed by atoms with E-state index in [9.17, 15) is 4.79 Å². The van der Waals surface area contributed by atoms with Crippen LogP contribution in [0.5, 0.6) is 0 Å². The highest BCUT2D eigenvalue weighted by Crippen LogP contribution is 1.87. The average Bonchev–Trinajstić information content (AvgIpc) is 1.82. The van der Waals surface area contributed by atoms with Crippen LogP contribution in [-0.2, 0) is 0 Å². The Kier molecular flexibility index (Phi) is 4.34. The highest BCUT2D eigenvalue weighted by molar-refractivity contribution is 5.75. The van der Waals surface area contributed by atoms with Gasteiger partial charge in [0.2, 0.25) is 0 Å². The molecular formula is C8H16N2O. The second-order valence-corrected chi connectivity index (χ2v) is 3.01. The van der Waals surface area contributed by atoms with Gasteiger partial charge in [-0.05, 0) is 12.8 Å². The number of carbonyl (C=O) groups excluding carboxylic acids is 1. The molecule has 2 N–H and O–H groups in total. The summed E-state index contributed by atoms with van der Waals surface area (Å²) in [6.45, 7) is 10.1. The van der Waals surface area contributed by atoms with Crippen molar-refractivity contribution in [3.05, 3.63) is 12.3 Å². The third-order valence-electron chi connectivity index (χ3n) is 0.998. The molecule has 0 spiro atoms. The number of carbonyl (C=O) groups is 1. The van der Waals surface area contributed by atoms with Crippen molar-refractivity contribution in [1.29, 1.82) is 0 Å². The first-order valence-corrected chi connectivity index (χ1v) is 3.72. The molecule has 0 aromatic carbocycles. The van der Waals surface area contributed by atoms with Crippen molar-refractivity contribution in [2.24, 2.45) is 5.92 Å². The Labute approximate surface area is 67.9 Å². The van der Waals surface area contributed by atoms with Crippen molar-refractivity contribution in [2.75, 3.05) is 6.54 Å². The second-order valence-electron chi connectivity index (χ2n) is 3.01. The van der Waals surface area contributed by atoms with Crippen molar-refractivity contribution >= 4 is 6.03 Å².